The molecule has 0 N–H and O–H groups in total. The molecule has 0 saturated heterocycles. The second-order valence-electron chi connectivity index (χ2n) is 16.2. The maximum atomic E-state index is 3.92. The lowest BCUT2D eigenvalue weighted by molar-refractivity contribution is 0.907. The van der Waals surface area contributed by atoms with Crippen molar-refractivity contribution in [2.24, 2.45) is 0 Å². The SMILES string of the molecule is C.CC.CC.CC.CC.CC.CC.CC.CC.CC.CC.CC.CC.Cc1ccccc1.Cc1cccnn1.Cc1ccncc1.Cc1ccncn1.Cc1ccnnc1.Cc1cnccn1.Cc1cncnc1.Cc1cncnn1.Cc1cnncn1.Cc1ncccn1.Cc1nccnn1.Cc1ncncn1. The van der Waals surface area contributed by atoms with Crippen LogP contribution in [0.2, 0.25) is 0 Å². The molecule has 0 aliphatic carbocycles. The van der Waals surface area contributed by atoms with E-state index in [-0.39, 0.29) is 7.43 Å². The highest BCUT2D eigenvalue weighted by Gasteiger charge is 1.82. The minimum atomic E-state index is 0. The van der Waals surface area contributed by atoms with Gasteiger partial charge in [0.2, 0.25) is 0 Å². The van der Waals surface area contributed by atoms with E-state index < -0.39 is 0 Å². The number of aryl methyl sites for hydroxylation is 12. The Kier molecular flexibility index (Phi) is 145. The standard InChI is InChI=1S/C7H8.C6H7N.6C5H6N2.4C4H5N3.12C2H6.CH4/c1-7-5-3-2-4-6-7;1-6-2-4-7-5-3-6;1-5-2-6-4-7-3-5;1-5-4-6-2-3-7-5;1-5-2-3-6-4-7-5;1-5-2-3-6-7-4-5;1-5-6-3-2-4-7-5;1-5-3-2-4-6-7-5;1-4-6-2-5-3-7-4;1-4-2-6-7-3-5-4;1-4-2-5-3-6-7-4;1-4-5-2-3-6-7-4;12*1-2;/h2-6H,1H3;2-5H,1H3;6*2-4H,1H3;4*2-3H,1H3;12*1-2H3;1H4. The Balaban J connectivity index is -0.0000000817. The largest absolute Gasteiger partial charge is 0.265 e. The quantitative estimate of drug-likeness (QED) is 0.136. The second kappa shape index (κ2) is 124. The molecule has 12 aromatic rings. The fraction of sp³-hybridized carbons (Fsp3) is 0.440. The van der Waals surface area contributed by atoms with E-state index in [1.54, 1.807) is 118 Å². The molecule has 0 spiro atoms. The molecular formula is C84H147N25. The summed E-state index contributed by atoms with van der Waals surface area (Å²) in [6, 6.07) is 23.5. The van der Waals surface area contributed by atoms with Crippen molar-refractivity contribution < 1.29 is 0 Å². The molecule has 608 valence electrons. The maximum Gasteiger partial charge on any atom is 0.147 e. The Bertz CT molecular complexity index is 2450. The summed E-state index contributed by atoms with van der Waals surface area (Å²) in [6.07, 6.45) is 37.7. The summed E-state index contributed by atoms with van der Waals surface area (Å²) in [7, 11) is 0. The minimum absolute atomic E-state index is 0. The minimum Gasteiger partial charge on any atom is -0.265 e. The first-order valence-electron chi connectivity index (χ1n) is 37.4. The van der Waals surface area contributed by atoms with Crippen LogP contribution in [-0.2, 0) is 0 Å². The number of hydrogen-bond acceptors (Lipinski definition) is 25. The Labute approximate surface area is 663 Å². The van der Waals surface area contributed by atoms with Crippen molar-refractivity contribution in [1.29, 1.82) is 0 Å². The highest BCUT2D eigenvalue weighted by atomic mass is 15.1. The van der Waals surface area contributed by atoms with Crippen LogP contribution >= 0.6 is 0 Å². The molecule has 12 rings (SSSR count). The normalized spacial score (nSPS) is 7.38. The Hall–Kier alpha value is -11.1. The molecule has 0 unspecified atom stereocenters. The van der Waals surface area contributed by atoms with Crippen molar-refractivity contribution in [1.82, 2.24) is 126 Å². The molecule has 1 aromatic carbocycles. The first-order chi connectivity index (χ1) is 52.7. The summed E-state index contributed by atoms with van der Waals surface area (Å²) in [5.41, 5.74) is 9.51. The Morgan fingerprint density at radius 1 is 0.174 bits per heavy atom. The zero-order chi connectivity index (χ0) is 85.4. The zero-order valence-electron chi connectivity index (χ0n) is 73.4. The van der Waals surface area contributed by atoms with Crippen molar-refractivity contribution in [2.45, 2.75) is 257 Å². The topological polar surface area (TPSA) is 322 Å². The first kappa shape index (κ1) is 128. The summed E-state index contributed by atoms with van der Waals surface area (Å²) in [6.45, 7) is 71.0. The van der Waals surface area contributed by atoms with Crippen molar-refractivity contribution in [3.8, 4) is 0 Å². The van der Waals surface area contributed by atoms with Crippen LogP contribution in [0.5, 0.6) is 0 Å². The lowest BCUT2D eigenvalue weighted by atomic mass is 10.2. The van der Waals surface area contributed by atoms with Crippen molar-refractivity contribution in [3.05, 3.63) is 284 Å². The summed E-state index contributed by atoms with van der Waals surface area (Å²) in [5, 5.41) is 36.0. The second-order valence-corrected chi connectivity index (χ2v) is 16.2. The van der Waals surface area contributed by atoms with E-state index in [1.807, 2.05) is 290 Å². The van der Waals surface area contributed by atoms with Crippen LogP contribution < -0.4 is 0 Å². The van der Waals surface area contributed by atoms with Crippen LogP contribution in [0, 0.1) is 83.1 Å². The van der Waals surface area contributed by atoms with Crippen LogP contribution in [0.3, 0.4) is 0 Å². The van der Waals surface area contributed by atoms with E-state index in [2.05, 4.69) is 145 Å². The molecule has 0 atom stereocenters. The van der Waals surface area contributed by atoms with Crippen molar-refractivity contribution in [2.75, 3.05) is 0 Å². The van der Waals surface area contributed by atoms with Gasteiger partial charge in [-0.1, -0.05) is 209 Å². The van der Waals surface area contributed by atoms with Crippen LogP contribution in [-0.4, -0.2) is 126 Å². The van der Waals surface area contributed by atoms with Gasteiger partial charge in [-0.3, -0.25) is 15.0 Å². The van der Waals surface area contributed by atoms with Gasteiger partial charge in [-0.05, 0) is 142 Å². The molecule has 25 nitrogen and oxygen atoms in total. The lowest BCUT2D eigenvalue weighted by Gasteiger charge is -1.82. The van der Waals surface area contributed by atoms with E-state index in [0.29, 0.717) is 5.82 Å². The molecule has 0 fully saturated rings. The van der Waals surface area contributed by atoms with E-state index in [9.17, 15) is 0 Å². The molecular weight excluding hydrogens is 1360 g/mol. The zero-order valence-corrected chi connectivity index (χ0v) is 73.4. The molecule has 11 heterocycles. The number of rotatable bonds is 0. The molecule has 0 radical (unpaired) electrons. The fourth-order valence-electron chi connectivity index (χ4n) is 4.40. The molecule has 0 aliphatic heterocycles. The van der Waals surface area contributed by atoms with E-state index >= 15 is 0 Å². The monoisotopic (exact) mass is 1510 g/mol. The maximum absolute atomic E-state index is 3.92. The number of hydrogen-bond donors (Lipinski definition) is 0. The predicted octanol–water partition coefficient (Wildman–Crippen LogP) is 21.8. The highest BCUT2D eigenvalue weighted by Crippen LogP contribution is 1.93. The molecule has 0 amide bonds. The predicted molar refractivity (Wildman–Crippen MR) is 462 cm³/mol. The summed E-state index contributed by atoms with van der Waals surface area (Å²) >= 11 is 0. The summed E-state index contributed by atoms with van der Waals surface area (Å²) in [4.78, 5) is 56.9. The van der Waals surface area contributed by atoms with E-state index in [0.717, 1.165) is 51.2 Å². The molecule has 0 saturated carbocycles. The third-order valence-corrected chi connectivity index (χ3v) is 8.47. The molecule has 25 heteroatoms. The molecule has 0 bridgehead atoms. The smallest absolute Gasteiger partial charge is 0.147 e. The van der Waals surface area contributed by atoms with Gasteiger partial charge in [0.1, 0.15) is 55.4 Å². The number of pyridine rings is 1. The third kappa shape index (κ3) is 121. The van der Waals surface area contributed by atoms with Gasteiger partial charge in [0, 0.05) is 86.3 Å². The molecule has 109 heavy (non-hydrogen) atoms. The van der Waals surface area contributed by atoms with Crippen LogP contribution in [0.1, 0.15) is 242 Å². The van der Waals surface area contributed by atoms with Gasteiger partial charge in [0.15, 0.2) is 0 Å². The van der Waals surface area contributed by atoms with Gasteiger partial charge in [-0.2, -0.15) is 35.7 Å². The molecule has 11 aromatic heterocycles. The van der Waals surface area contributed by atoms with Crippen molar-refractivity contribution >= 4 is 0 Å². The van der Waals surface area contributed by atoms with Gasteiger partial charge < -0.3 is 0 Å². The van der Waals surface area contributed by atoms with Crippen LogP contribution in [0.15, 0.2) is 216 Å². The highest BCUT2D eigenvalue weighted by molar-refractivity contribution is 5.12. The number of aromatic nitrogens is 25. The third-order valence-electron chi connectivity index (χ3n) is 8.47. The van der Waals surface area contributed by atoms with Gasteiger partial charge in [-0.25, -0.2) is 59.8 Å². The Morgan fingerprint density at radius 2 is 0.615 bits per heavy atom. The average molecular weight is 1510 g/mol. The lowest BCUT2D eigenvalue weighted by Crippen LogP contribution is -1.85. The van der Waals surface area contributed by atoms with Gasteiger partial charge in [0.25, 0.3) is 0 Å². The van der Waals surface area contributed by atoms with Gasteiger partial charge >= 0.3 is 0 Å². The number of benzene rings is 1. The summed E-state index contributed by atoms with van der Waals surface area (Å²) in [5.74, 6) is 2.29. The van der Waals surface area contributed by atoms with Crippen LogP contribution in [0.25, 0.3) is 0 Å². The summed E-state index contributed by atoms with van der Waals surface area (Å²) < 4.78 is 0. The van der Waals surface area contributed by atoms with E-state index in [1.165, 1.54) is 49.1 Å². The fourth-order valence-corrected chi connectivity index (χ4v) is 4.40. The van der Waals surface area contributed by atoms with Crippen molar-refractivity contribution in [3.63, 3.8) is 0 Å². The van der Waals surface area contributed by atoms with Crippen LogP contribution in [0.4, 0.5) is 0 Å². The van der Waals surface area contributed by atoms with Gasteiger partial charge in [-0.15, -0.1) is 15.3 Å². The van der Waals surface area contributed by atoms with Gasteiger partial charge in [0.05, 0.1) is 47.6 Å². The van der Waals surface area contributed by atoms with E-state index in [4.69, 9.17) is 0 Å². The number of nitrogens with zero attached hydrogens (tertiary/aromatic N) is 25. The molecule has 0 aliphatic rings. The Morgan fingerprint density at radius 3 is 0.835 bits per heavy atom. The first-order valence-corrected chi connectivity index (χ1v) is 37.4. The average Bonchev–Trinajstić information content (AvgIpc) is 3.98.